The predicted octanol–water partition coefficient (Wildman–Crippen LogP) is 6.51. The second kappa shape index (κ2) is 7.22. The van der Waals surface area contributed by atoms with Gasteiger partial charge in [0.2, 0.25) is 0 Å². The van der Waals surface area contributed by atoms with Crippen LogP contribution in [0.25, 0.3) is 0 Å². The van der Waals surface area contributed by atoms with Gasteiger partial charge in [0.05, 0.1) is 10.8 Å². The molecule has 9 atom stereocenters. The average Bonchev–Trinajstić information content (AvgIpc) is 2.81. The lowest BCUT2D eigenvalue weighted by Gasteiger charge is -2.74. The topological polar surface area (TPSA) is 91.7 Å². The van der Waals surface area contributed by atoms with Crippen LogP contribution in [0.2, 0.25) is 0 Å². The third-order valence-corrected chi connectivity index (χ3v) is 13.5. The van der Waals surface area contributed by atoms with Crippen LogP contribution >= 0.6 is 0 Å². The van der Waals surface area contributed by atoms with Gasteiger partial charge in [0.15, 0.2) is 11.5 Å². The average molecular weight is 485 g/mol. The molecule has 0 aromatic heterocycles. The van der Waals surface area contributed by atoms with E-state index in [0.29, 0.717) is 23.8 Å². The molecule has 0 bridgehead atoms. The lowest BCUT2D eigenvalue weighted by Crippen LogP contribution is -2.68. The van der Waals surface area contributed by atoms with Crippen molar-refractivity contribution < 1.29 is 24.6 Å². The van der Waals surface area contributed by atoms with Crippen LogP contribution in [-0.2, 0) is 14.4 Å². The lowest BCUT2D eigenvalue weighted by atomic mass is 9.30. The first-order valence-corrected chi connectivity index (χ1v) is 13.8. The molecule has 2 N–H and O–H groups in total. The van der Waals surface area contributed by atoms with Crippen molar-refractivity contribution in [2.75, 3.05) is 0 Å². The number of ketones is 1. The molecule has 0 aliphatic heterocycles. The normalized spacial score (nSPS) is 53.7. The molecule has 5 aliphatic rings. The summed E-state index contributed by atoms with van der Waals surface area (Å²) in [5, 5.41) is 20.6. The number of carboxylic acids is 1. The fourth-order valence-electron chi connectivity index (χ4n) is 10.7. The number of carboxylic acid groups (broad SMARTS) is 1. The van der Waals surface area contributed by atoms with Crippen LogP contribution < -0.4 is 0 Å². The minimum absolute atomic E-state index is 0.0220. The smallest absolute Gasteiger partial charge is 0.309 e. The van der Waals surface area contributed by atoms with Gasteiger partial charge in [-0.1, -0.05) is 27.7 Å². The minimum atomic E-state index is -0.747. The summed E-state index contributed by atoms with van der Waals surface area (Å²) >= 11 is 0. The Labute approximate surface area is 210 Å². The van der Waals surface area contributed by atoms with Gasteiger partial charge in [-0.25, -0.2) is 0 Å². The van der Waals surface area contributed by atoms with Crippen LogP contribution in [0, 0.1) is 50.2 Å². The molecule has 0 amide bonds. The quantitative estimate of drug-likeness (QED) is 0.436. The molecule has 0 aromatic carbocycles. The number of fused-ring (bicyclic) bond motifs is 7. The van der Waals surface area contributed by atoms with Gasteiger partial charge in [-0.3, -0.25) is 9.59 Å². The molecule has 5 nitrogen and oxygen atoms in total. The van der Waals surface area contributed by atoms with Gasteiger partial charge in [0.25, 0.3) is 0 Å². The summed E-state index contributed by atoms with van der Waals surface area (Å²) in [6, 6.07) is 0. The lowest BCUT2D eigenvalue weighted by molar-refractivity contribution is -0.248. The molecule has 0 spiro atoms. The number of hydrogen-bond acceptors (Lipinski definition) is 4. The fourth-order valence-corrected chi connectivity index (χ4v) is 10.7. The standard InChI is InChI=1S/C30H44O5/c1-18-23(33)19(32)15-21-27(4)12-14-29(6)22-16-26(3,24(34)35)10-9-25(22,2)11-13-28(29,5)20(27)7-8-30(18,21)17-31/h17,20-22,33H,7-16H2,1-6H3,(H,34,35)/t20?,21?,22-,25-,26-,27-,28-,29+,30+/m1/s1. The molecule has 5 heteroatoms. The third-order valence-electron chi connectivity index (χ3n) is 13.5. The van der Waals surface area contributed by atoms with E-state index in [1.807, 2.05) is 6.92 Å². The summed E-state index contributed by atoms with van der Waals surface area (Å²) in [5.41, 5.74) is -0.783. The number of aliphatic carboxylic acids is 1. The largest absolute Gasteiger partial charge is 0.504 e. The molecule has 0 saturated heterocycles. The second-order valence-electron chi connectivity index (χ2n) is 14.5. The van der Waals surface area contributed by atoms with E-state index >= 15 is 0 Å². The monoisotopic (exact) mass is 484 g/mol. The van der Waals surface area contributed by atoms with Gasteiger partial charge in [0, 0.05) is 6.42 Å². The van der Waals surface area contributed by atoms with Crippen LogP contribution in [0.5, 0.6) is 0 Å². The van der Waals surface area contributed by atoms with Crippen molar-refractivity contribution in [3.05, 3.63) is 11.3 Å². The number of aliphatic hydroxyl groups is 1. The van der Waals surface area contributed by atoms with Crippen molar-refractivity contribution in [3.8, 4) is 0 Å². The van der Waals surface area contributed by atoms with E-state index in [-0.39, 0.29) is 45.5 Å². The number of aliphatic hydroxyl groups excluding tert-OH is 1. The zero-order valence-corrected chi connectivity index (χ0v) is 22.5. The molecule has 194 valence electrons. The molecule has 0 aromatic rings. The van der Waals surface area contributed by atoms with E-state index in [4.69, 9.17) is 0 Å². The van der Waals surface area contributed by atoms with Crippen molar-refractivity contribution in [2.45, 2.75) is 106 Å². The number of Topliss-reactive ketones (excluding diaryl/α,β-unsaturated/α-hetero) is 1. The second-order valence-corrected chi connectivity index (χ2v) is 14.5. The van der Waals surface area contributed by atoms with Gasteiger partial charge in [0.1, 0.15) is 6.29 Å². The Bertz CT molecular complexity index is 1030. The van der Waals surface area contributed by atoms with E-state index in [1.165, 1.54) is 0 Å². The van der Waals surface area contributed by atoms with Crippen LogP contribution in [0.15, 0.2) is 11.3 Å². The van der Waals surface area contributed by atoms with E-state index in [0.717, 1.165) is 57.7 Å². The maximum Gasteiger partial charge on any atom is 0.309 e. The molecule has 4 fully saturated rings. The highest BCUT2D eigenvalue weighted by molar-refractivity contribution is 5.97. The van der Waals surface area contributed by atoms with Crippen LogP contribution in [-0.4, -0.2) is 28.3 Å². The molecule has 0 heterocycles. The first-order valence-electron chi connectivity index (χ1n) is 13.8. The highest BCUT2D eigenvalue weighted by Gasteiger charge is 2.71. The molecule has 0 radical (unpaired) electrons. The maximum absolute atomic E-state index is 12.8. The van der Waals surface area contributed by atoms with Crippen molar-refractivity contribution >= 4 is 18.0 Å². The Morgan fingerprint density at radius 3 is 2.11 bits per heavy atom. The minimum Gasteiger partial charge on any atom is -0.504 e. The first-order chi connectivity index (χ1) is 16.1. The highest BCUT2D eigenvalue weighted by atomic mass is 16.4. The van der Waals surface area contributed by atoms with Crippen LogP contribution in [0.3, 0.4) is 0 Å². The number of aldehydes is 1. The zero-order chi connectivity index (χ0) is 25.8. The molecular formula is C30H44O5. The number of carbonyl (C=O) groups excluding carboxylic acids is 2. The summed E-state index contributed by atoms with van der Waals surface area (Å²) < 4.78 is 0. The summed E-state index contributed by atoms with van der Waals surface area (Å²) in [4.78, 5) is 37.8. The summed E-state index contributed by atoms with van der Waals surface area (Å²) in [6.07, 6.45) is 9.55. The Hall–Kier alpha value is -1.65. The van der Waals surface area contributed by atoms with Gasteiger partial charge in [-0.15, -0.1) is 0 Å². The van der Waals surface area contributed by atoms with Crippen LogP contribution in [0.1, 0.15) is 106 Å². The SMILES string of the molecule is CC1=C(O)C(=O)CC2[C@]3(C)CC[C@@]4(C)[C@@H]5C[C@](C)(C(=O)O)CC[C@]5(C)CC[C@]4(C)C3CC[C@]12C=O. The van der Waals surface area contributed by atoms with Gasteiger partial charge < -0.3 is 15.0 Å². The number of rotatable bonds is 2. The Balaban J connectivity index is 1.59. The van der Waals surface area contributed by atoms with Gasteiger partial charge in [-0.2, -0.15) is 0 Å². The van der Waals surface area contributed by atoms with Gasteiger partial charge >= 0.3 is 5.97 Å². The van der Waals surface area contributed by atoms with E-state index < -0.39 is 16.8 Å². The van der Waals surface area contributed by atoms with Crippen LogP contribution in [0.4, 0.5) is 0 Å². The van der Waals surface area contributed by atoms with Crippen molar-refractivity contribution in [2.24, 2.45) is 50.2 Å². The zero-order valence-electron chi connectivity index (χ0n) is 22.5. The molecule has 35 heavy (non-hydrogen) atoms. The number of allylic oxidation sites excluding steroid dienone is 2. The fraction of sp³-hybridized carbons (Fsp3) is 0.833. The molecule has 5 aliphatic carbocycles. The molecule has 4 saturated carbocycles. The van der Waals surface area contributed by atoms with E-state index in [9.17, 15) is 24.6 Å². The summed E-state index contributed by atoms with van der Waals surface area (Å²) in [7, 11) is 0. The van der Waals surface area contributed by atoms with E-state index in [1.54, 1.807) is 6.92 Å². The summed E-state index contributed by atoms with van der Waals surface area (Å²) in [5.74, 6) is -0.427. The number of carbonyl (C=O) groups is 3. The Morgan fingerprint density at radius 2 is 1.49 bits per heavy atom. The van der Waals surface area contributed by atoms with Gasteiger partial charge in [-0.05, 0) is 117 Å². The predicted molar refractivity (Wildman–Crippen MR) is 134 cm³/mol. The number of hydrogen-bond donors (Lipinski definition) is 2. The van der Waals surface area contributed by atoms with Crippen molar-refractivity contribution in [1.29, 1.82) is 0 Å². The summed E-state index contributed by atoms with van der Waals surface area (Å²) in [6.45, 7) is 13.4. The van der Waals surface area contributed by atoms with Crippen molar-refractivity contribution in [3.63, 3.8) is 0 Å². The third kappa shape index (κ3) is 2.84. The first kappa shape index (κ1) is 25.0. The molecule has 2 unspecified atom stereocenters. The Kier molecular flexibility index (Phi) is 5.16. The molecular weight excluding hydrogens is 440 g/mol. The maximum atomic E-state index is 12.8. The van der Waals surface area contributed by atoms with Crippen molar-refractivity contribution in [1.82, 2.24) is 0 Å². The molecule has 5 rings (SSSR count). The highest BCUT2D eigenvalue weighted by Crippen LogP contribution is 2.78. The van der Waals surface area contributed by atoms with E-state index in [2.05, 4.69) is 27.7 Å². The Morgan fingerprint density at radius 1 is 0.886 bits per heavy atom.